The van der Waals surface area contributed by atoms with Crippen LogP contribution >= 0.6 is 0 Å². The van der Waals surface area contributed by atoms with E-state index >= 15 is 0 Å². The maximum atomic E-state index is 13.0. The van der Waals surface area contributed by atoms with Crippen LogP contribution in [0.25, 0.3) is 16.9 Å². The van der Waals surface area contributed by atoms with Gasteiger partial charge in [0.25, 0.3) is 5.91 Å². The van der Waals surface area contributed by atoms with Crippen molar-refractivity contribution in [1.29, 1.82) is 0 Å². The van der Waals surface area contributed by atoms with Crippen molar-refractivity contribution in [1.82, 2.24) is 19.5 Å². The first-order valence-corrected chi connectivity index (χ1v) is 11.2. The fourth-order valence-electron chi connectivity index (χ4n) is 4.26. The Kier molecular flexibility index (Phi) is 5.69. The van der Waals surface area contributed by atoms with Crippen LogP contribution in [-0.4, -0.2) is 38.5 Å². The lowest BCUT2D eigenvalue weighted by Crippen LogP contribution is -2.29. The predicted molar refractivity (Wildman–Crippen MR) is 127 cm³/mol. The molecule has 5 rings (SSSR count). The zero-order chi connectivity index (χ0) is 21.9. The van der Waals surface area contributed by atoms with Crippen LogP contribution in [0.5, 0.6) is 0 Å². The van der Waals surface area contributed by atoms with Gasteiger partial charge in [0.2, 0.25) is 0 Å². The monoisotopic (exact) mass is 425 g/mol. The number of nitrogens with zero attached hydrogens (tertiary/aromatic N) is 4. The van der Waals surface area contributed by atoms with E-state index in [0.29, 0.717) is 11.2 Å². The average molecular weight is 426 g/mol. The van der Waals surface area contributed by atoms with Crippen molar-refractivity contribution in [2.24, 2.45) is 0 Å². The number of hydrogen-bond donors (Lipinski definition) is 1. The Morgan fingerprint density at radius 1 is 0.969 bits per heavy atom. The van der Waals surface area contributed by atoms with Crippen molar-refractivity contribution in [2.75, 3.05) is 18.4 Å². The normalized spacial score (nSPS) is 14.5. The summed E-state index contributed by atoms with van der Waals surface area (Å²) in [4.78, 5) is 19.9. The van der Waals surface area contributed by atoms with E-state index in [9.17, 15) is 4.79 Å². The van der Waals surface area contributed by atoms with E-state index in [1.54, 1.807) is 16.9 Å². The van der Waals surface area contributed by atoms with Gasteiger partial charge >= 0.3 is 0 Å². The highest BCUT2D eigenvalue weighted by atomic mass is 16.1. The summed E-state index contributed by atoms with van der Waals surface area (Å²) in [6.45, 7) is 5.37. The molecule has 1 fully saturated rings. The van der Waals surface area contributed by atoms with Crippen LogP contribution in [0.15, 0.2) is 67.0 Å². The Labute approximate surface area is 187 Å². The van der Waals surface area contributed by atoms with Crippen molar-refractivity contribution < 1.29 is 4.79 Å². The van der Waals surface area contributed by atoms with Gasteiger partial charge in [-0.3, -0.25) is 9.69 Å². The fourth-order valence-corrected chi connectivity index (χ4v) is 4.26. The SMILES string of the molecule is Cc1ccc(-c2ccnc3c(C(=O)Nc4ccc(CN5CCCCC5)cc4)cnn23)cc1. The fraction of sp³-hybridized carbons (Fsp3) is 0.269. The van der Waals surface area contributed by atoms with Crippen molar-refractivity contribution in [3.63, 3.8) is 0 Å². The molecule has 4 aromatic rings. The first-order chi connectivity index (χ1) is 15.7. The van der Waals surface area contributed by atoms with Crippen LogP contribution in [0.3, 0.4) is 0 Å². The highest BCUT2D eigenvalue weighted by Crippen LogP contribution is 2.22. The quantitative estimate of drug-likeness (QED) is 0.492. The standard InChI is InChI=1S/C26H27N5O/c1-19-5-9-21(10-6-19)24-13-14-27-25-23(17-28-31(24)25)26(32)29-22-11-7-20(8-12-22)18-30-15-3-2-4-16-30/h5-14,17H,2-4,15-16,18H2,1H3,(H,29,32). The summed E-state index contributed by atoms with van der Waals surface area (Å²) in [7, 11) is 0. The van der Waals surface area contributed by atoms with Crippen LogP contribution in [0.4, 0.5) is 5.69 Å². The zero-order valence-electron chi connectivity index (χ0n) is 18.3. The van der Waals surface area contributed by atoms with Crippen LogP contribution in [-0.2, 0) is 6.54 Å². The molecule has 1 N–H and O–H groups in total. The van der Waals surface area contributed by atoms with E-state index in [1.807, 2.05) is 18.2 Å². The molecule has 162 valence electrons. The third-order valence-electron chi connectivity index (χ3n) is 6.06. The summed E-state index contributed by atoms with van der Waals surface area (Å²) >= 11 is 0. The maximum absolute atomic E-state index is 13.0. The molecule has 0 unspecified atom stereocenters. The van der Waals surface area contributed by atoms with Crippen molar-refractivity contribution >= 4 is 17.2 Å². The number of hydrogen-bond acceptors (Lipinski definition) is 4. The van der Waals surface area contributed by atoms with Crippen LogP contribution in [0, 0.1) is 6.92 Å². The second-order valence-electron chi connectivity index (χ2n) is 8.48. The second-order valence-corrected chi connectivity index (χ2v) is 8.48. The topological polar surface area (TPSA) is 62.5 Å². The van der Waals surface area contributed by atoms with Gasteiger partial charge in [0.05, 0.1) is 11.9 Å². The third-order valence-corrected chi connectivity index (χ3v) is 6.06. The number of nitrogens with one attached hydrogen (secondary N) is 1. The van der Waals surface area contributed by atoms with Gasteiger partial charge in [0.1, 0.15) is 5.56 Å². The van der Waals surface area contributed by atoms with E-state index in [2.05, 4.69) is 63.6 Å². The molecule has 0 aliphatic carbocycles. The van der Waals surface area contributed by atoms with E-state index in [4.69, 9.17) is 0 Å². The van der Waals surface area contributed by atoms with Gasteiger partial charge in [-0.1, -0.05) is 48.4 Å². The molecule has 0 bridgehead atoms. The van der Waals surface area contributed by atoms with Gasteiger partial charge in [0, 0.05) is 24.0 Å². The minimum atomic E-state index is -0.211. The summed E-state index contributed by atoms with van der Waals surface area (Å²) < 4.78 is 1.72. The zero-order valence-corrected chi connectivity index (χ0v) is 18.3. The molecule has 0 radical (unpaired) electrons. The molecule has 6 heteroatoms. The molecule has 0 saturated carbocycles. The molecule has 2 aromatic heterocycles. The molecule has 1 aliphatic rings. The summed E-state index contributed by atoms with van der Waals surface area (Å²) in [6, 6.07) is 18.3. The number of aromatic nitrogens is 3. The number of anilines is 1. The minimum Gasteiger partial charge on any atom is -0.322 e. The van der Waals surface area contributed by atoms with Gasteiger partial charge in [-0.25, -0.2) is 9.50 Å². The van der Waals surface area contributed by atoms with Crippen LogP contribution in [0.2, 0.25) is 0 Å². The van der Waals surface area contributed by atoms with Crippen molar-refractivity contribution in [3.05, 3.63) is 83.7 Å². The minimum absolute atomic E-state index is 0.211. The van der Waals surface area contributed by atoms with E-state index < -0.39 is 0 Å². The predicted octanol–water partition coefficient (Wildman–Crippen LogP) is 4.94. The Bertz CT molecular complexity index is 1220. The highest BCUT2D eigenvalue weighted by Gasteiger charge is 2.17. The molecule has 0 spiro atoms. The number of carbonyl (C=O) groups is 1. The molecular weight excluding hydrogens is 398 g/mol. The van der Waals surface area contributed by atoms with E-state index in [0.717, 1.165) is 23.5 Å². The Hall–Kier alpha value is -3.51. The second kappa shape index (κ2) is 8.93. The van der Waals surface area contributed by atoms with E-state index in [1.165, 1.54) is 43.5 Å². The highest BCUT2D eigenvalue weighted by molar-refractivity contribution is 6.08. The first-order valence-electron chi connectivity index (χ1n) is 11.2. The number of benzene rings is 2. The molecule has 2 aromatic carbocycles. The molecule has 6 nitrogen and oxygen atoms in total. The lowest BCUT2D eigenvalue weighted by molar-refractivity contribution is 0.102. The number of piperidine rings is 1. The Morgan fingerprint density at radius 2 is 1.72 bits per heavy atom. The lowest BCUT2D eigenvalue weighted by atomic mass is 10.1. The number of likely N-dealkylation sites (tertiary alicyclic amines) is 1. The van der Waals surface area contributed by atoms with Crippen molar-refractivity contribution in [3.8, 4) is 11.3 Å². The number of rotatable bonds is 5. The molecule has 1 aliphatic heterocycles. The molecule has 0 atom stereocenters. The first kappa shape index (κ1) is 20.4. The molecule has 1 saturated heterocycles. The van der Waals surface area contributed by atoms with Crippen LogP contribution in [0.1, 0.15) is 40.7 Å². The van der Waals surface area contributed by atoms with Gasteiger partial charge in [-0.05, 0) is 56.6 Å². The molecule has 3 heterocycles. The van der Waals surface area contributed by atoms with Crippen molar-refractivity contribution in [2.45, 2.75) is 32.7 Å². The number of amides is 1. The van der Waals surface area contributed by atoms with E-state index in [-0.39, 0.29) is 5.91 Å². The number of fused-ring (bicyclic) bond motifs is 1. The summed E-state index contributed by atoms with van der Waals surface area (Å²) in [5, 5.41) is 7.44. The number of carbonyl (C=O) groups excluding carboxylic acids is 1. The summed E-state index contributed by atoms with van der Waals surface area (Å²) in [5.74, 6) is -0.211. The molecular formula is C26H27N5O. The van der Waals surface area contributed by atoms with Crippen LogP contribution < -0.4 is 5.32 Å². The smallest absolute Gasteiger partial charge is 0.261 e. The molecule has 1 amide bonds. The maximum Gasteiger partial charge on any atom is 0.261 e. The summed E-state index contributed by atoms with van der Waals surface area (Å²) in [5.41, 5.74) is 6.16. The molecule has 32 heavy (non-hydrogen) atoms. The number of aryl methyl sites for hydroxylation is 1. The van der Waals surface area contributed by atoms with Gasteiger partial charge in [-0.2, -0.15) is 5.10 Å². The van der Waals surface area contributed by atoms with Gasteiger partial charge < -0.3 is 5.32 Å². The van der Waals surface area contributed by atoms with Gasteiger partial charge in [0.15, 0.2) is 5.65 Å². The summed E-state index contributed by atoms with van der Waals surface area (Å²) in [6.07, 6.45) is 7.21. The Morgan fingerprint density at radius 3 is 2.47 bits per heavy atom. The lowest BCUT2D eigenvalue weighted by Gasteiger charge is -2.26. The largest absolute Gasteiger partial charge is 0.322 e. The Balaban J connectivity index is 1.33. The average Bonchev–Trinajstić information content (AvgIpc) is 3.26. The third kappa shape index (κ3) is 4.27. The van der Waals surface area contributed by atoms with Gasteiger partial charge in [-0.15, -0.1) is 0 Å².